The second-order valence-electron chi connectivity index (χ2n) is 6.57. The fourth-order valence-electron chi connectivity index (χ4n) is 2.49. The Labute approximate surface area is 160 Å². The monoisotopic (exact) mass is 400 g/mol. The molecular weight excluding hydrogens is 363 g/mol. The number of ether oxygens (including phenoxy) is 3. The zero-order valence-electron chi connectivity index (χ0n) is 15.8. The van der Waals surface area contributed by atoms with E-state index in [4.69, 9.17) is 36.4 Å². The molecule has 0 aliphatic rings. The van der Waals surface area contributed by atoms with E-state index in [1.807, 2.05) is 6.55 Å². The van der Waals surface area contributed by atoms with Crippen LogP contribution in [0, 0.1) is 0 Å². The summed E-state index contributed by atoms with van der Waals surface area (Å²) in [5.41, 5.74) is 0. The van der Waals surface area contributed by atoms with Gasteiger partial charge in [0.2, 0.25) is 6.69 Å². The topological polar surface area (TPSA) is 27.7 Å². The largest absolute Gasteiger partial charge is 0.382 e. The molecule has 0 saturated carbocycles. The number of methoxy groups -OCH3 is 1. The van der Waals surface area contributed by atoms with Gasteiger partial charge < -0.3 is 14.2 Å². The minimum absolute atomic E-state index is 0.669. The predicted molar refractivity (Wildman–Crippen MR) is 108 cm³/mol. The molecule has 0 saturated heterocycles. The Morgan fingerprint density at radius 1 is 0.583 bits per heavy atom. The van der Waals surface area contributed by atoms with Crippen LogP contribution >= 0.6 is 22.2 Å². The fraction of sp³-hybridized carbons (Fsp3) is 1.00. The van der Waals surface area contributed by atoms with E-state index >= 15 is 0 Å². The van der Waals surface area contributed by atoms with E-state index in [0.717, 1.165) is 32.3 Å². The summed E-state index contributed by atoms with van der Waals surface area (Å²) in [6.07, 6.45) is 12.6. The average Bonchev–Trinajstić information content (AvgIpc) is 2.52. The number of halogens is 2. The van der Waals surface area contributed by atoms with Crippen LogP contribution < -0.4 is 0 Å². The Kier molecular flexibility index (Phi) is 19.0. The van der Waals surface area contributed by atoms with Crippen LogP contribution in [0.25, 0.3) is 0 Å². The van der Waals surface area contributed by atoms with Crippen molar-refractivity contribution in [2.75, 3.05) is 40.1 Å². The first kappa shape index (κ1) is 24.7. The van der Waals surface area contributed by atoms with Gasteiger partial charge in [-0.2, -0.15) is 0 Å². The number of hydrogen-bond donors (Lipinski definition) is 0. The first-order valence-electron chi connectivity index (χ1n) is 9.58. The van der Waals surface area contributed by atoms with Crippen molar-refractivity contribution in [2.24, 2.45) is 0 Å². The third-order valence-electron chi connectivity index (χ3n) is 3.91. The molecular formula is C18H38Cl2O3Si. The first-order chi connectivity index (χ1) is 11.6. The highest BCUT2D eigenvalue weighted by molar-refractivity contribution is 7.44. The van der Waals surface area contributed by atoms with Crippen LogP contribution in [0.1, 0.15) is 64.2 Å². The molecule has 0 aliphatic carbocycles. The molecule has 0 rings (SSSR count). The molecule has 0 amide bonds. The van der Waals surface area contributed by atoms with Crippen LogP contribution in [0.5, 0.6) is 0 Å². The molecule has 24 heavy (non-hydrogen) atoms. The molecule has 0 bridgehead atoms. The van der Waals surface area contributed by atoms with E-state index in [0.29, 0.717) is 13.2 Å². The van der Waals surface area contributed by atoms with Crippen molar-refractivity contribution >= 4 is 28.9 Å². The molecule has 0 aromatic rings. The molecule has 0 spiro atoms. The summed E-state index contributed by atoms with van der Waals surface area (Å²) in [7, 11) is 1.69. The molecule has 0 unspecified atom stereocenters. The summed E-state index contributed by atoms with van der Waals surface area (Å²) in [6, 6.07) is 1.04. The van der Waals surface area contributed by atoms with Gasteiger partial charge in [0.15, 0.2) is 0 Å². The highest BCUT2D eigenvalue weighted by Crippen LogP contribution is 2.23. The van der Waals surface area contributed by atoms with Gasteiger partial charge in [-0.05, 0) is 25.4 Å². The zero-order chi connectivity index (χ0) is 17.9. The quantitative estimate of drug-likeness (QED) is 0.148. The van der Waals surface area contributed by atoms with Crippen molar-refractivity contribution in [3.05, 3.63) is 0 Å². The van der Waals surface area contributed by atoms with Gasteiger partial charge in [0.05, 0.1) is 13.2 Å². The van der Waals surface area contributed by atoms with Gasteiger partial charge in [0, 0.05) is 26.9 Å². The van der Waals surface area contributed by atoms with Gasteiger partial charge in [-0.1, -0.05) is 51.4 Å². The molecule has 6 heteroatoms. The fourth-order valence-corrected chi connectivity index (χ4v) is 4.16. The number of unbranched alkanes of at least 4 members (excludes halogenated alkanes) is 8. The van der Waals surface area contributed by atoms with Crippen molar-refractivity contribution in [3.63, 3.8) is 0 Å². The van der Waals surface area contributed by atoms with Gasteiger partial charge in [-0.15, -0.1) is 22.2 Å². The molecule has 0 aliphatic heterocycles. The van der Waals surface area contributed by atoms with Crippen LogP contribution in [-0.4, -0.2) is 46.8 Å². The van der Waals surface area contributed by atoms with E-state index < -0.39 is 6.69 Å². The molecule has 146 valence electrons. The third-order valence-corrected chi connectivity index (χ3v) is 6.28. The van der Waals surface area contributed by atoms with E-state index in [2.05, 4.69) is 0 Å². The maximum atomic E-state index is 6.09. The van der Waals surface area contributed by atoms with Crippen LogP contribution in [0.4, 0.5) is 0 Å². The van der Waals surface area contributed by atoms with E-state index in [1.165, 1.54) is 57.8 Å². The molecule has 0 fully saturated rings. The van der Waals surface area contributed by atoms with Crippen LogP contribution in [0.2, 0.25) is 12.6 Å². The van der Waals surface area contributed by atoms with Crippen LogP contribution in [0.15, 0.2) is 0 Å². The SMILES string of the molecule is COCCOCCCOCCCCCCCCCCC[Si](C)(Cl)Cl. The molecule has 3 nitrogen and oxygen atoms in total. The summed E-state index contributed by atoms with van der Waals surface area (Å²) < 4.78 is 15.9. The summed E-state index contributed by atoms with van der Waals surface area (Å²) in [5.74, 6) is 0. The summed E-state index contributed by atoms with van der Waals surface area (Å²) in [6.45, 7) is 3.97. The Hall–Kier alpha value is 0.677. The van der Waals surface area contributed by atoms with Crippen molar-refractivity contribution in [1.82, 2.24) is 0 Å². The van der Waals surface area contributed by atoms with E-state index in [1.54, 1.807) is 7.11 Å². The van der Waals surface area contributed by atoms with Crippen molar-refractivity contribution in [1.29, 1.82) is 0 Å². The maximum Gasteiger partial charge on any atom is 0.248 e. The molecule has 0 N–H and O–H groups in total. The first-order valence-corrected chi connectivity index (χ1v) is 14.3. The summed E-state index contributed by atoms with van der Waals surface area (Å²) in [4.78, 5) is 0. The molecule has 0 heterocycles. The highest BCUT2D eigenvalue weighted by Gasteiger charge is 2.19. The smallest absolute Gasteiger partial charge is 0.248 e. The van der Waals surface area contributed by atoms with Gasteiger partial charge in [0.25, 0.3) is 0 Å². The Bertz CT molecular complexity index is 251. The predicted octanol–water partition coefficient (Wildman–Crippen LogP) is 6.12. The van der Waals surface area contributed by atoms with Gasteiger partial charge in [-0.25, -0.2) is 0 Å². The maximum absolute atomic E-state index is 6.09. The molecule has 0 radical (unpaired) electrons. The Balaban J connectivity index is 3.00. The average molecular weight is 401 g/mol. The van der Waals surface area contributed by atoms with Crippen molar-refractivity contribution in [3.8, 4) is 0 Å². The minimum atomic E-state index is -1.85. The van der Waals surface area contributed by atoms with Gasteiger partial charge in [-0.3, -0.25) is 0 Å². The summed E-state index contributed by atoms with van der Waals surface area (Å²) >= 11 is 12.2. The van der Waals surface area contributed by atoms with Crippen molar-refractivity contribution in [2.45, 2.75) is 76.8 Å². The molecule has 0 aromatic heterocycles. The lowest BCUT2D eigenvalue weighted by Gasteiger charge is -2.09. The lowest BCUT2D eigenvalue weighted by Crippen LogP contribution is -2.11. The van der Waals surface area contributed by atoms with Crippen molar-refractivity contribution < 1.29 is 14.2 Å². The Morgan fingerprint density at radius 3 is 1.58 bits per heavy atom. The van der Waals surface area contributed by atoms with Gasteiger partial charge >= 0.3 is 0 Å². The lowest BCUT2D eigenvalue weighted by molar-refractivity contribution is 0.0508. The Morgan fingerprint density at radius 2 is 1.04 bits per heavy atom. The molecule has 0 atom stereocenters. The minimum Gasteiger partial charge on any atom is -0.382 e. The lowest BCUT2D eigenvalue weighted by atomic mass is 10.1. The molecule has 0 aromatic carbocycles. The summed E-state index contributed by atoms with van der Waals surface area (Å²) in [5, 5.41) is 0. The normalized spacial score (nSPS) is 12.0. The van der Waals surface area contributed by atoms with Crippen LogP contribution in [-0.2, 0) is 14.2 Å². The van der Waals surface area contributed by atoms with Gasteiger partial charge in [0.1, 0.15) is 0 Å². The second-order valence-corrected chi connectivity index (χ2v) is 14.8. The third kappa shape index (κ3) is 22.7. The van der Waals surface area contributed by atoms with Crippen LogP contribution in [0.3, 0.4) is 0 Å². The zero-order valence-corrected chi connectivity index (χ0v) is 18.3. The second kappa shape index (κ2) is 18.5. The number of rotatable bonds is 19. The standard InChI is InChI=1S/C18H38Cl2O3Si/c1-21-16-17-23-15-12-14-22-13-10-8-6-4-3-5-7-9-11-18-24(2,19)20/h3-18H2,1-2H3. The number of hydrogen-bond acceptors (Lipinski definition) is 3. The van der Waals surface area contributed by atoms with E-state index in [-0.39, 0.29) is 0 Å². The van der Waals surface area contributed by atoms with E-state index in [9.17, 15) is 0 Å². The highest BCUT2D eigenvalue weighted by atomic mass is 35.7.